The van der Waals surface area contributed by atoms with Gasteiger partial charge in [-0.25, -0.2) is 14.6 Å². The quantitative estimate of drug-likeness (QED) is 0.470. The van der Waals surface area contributed by atoms with E-state index in [1.165, 1.54) is 0 Å². The highest BCUT2D eigenvalue weighted by Crippen LogP contribution is 2.30. The molecule has 132 valence electrons. The number of benzene rings is 2. The number of H-pyrrole nitrogens is 1. The second-order valence-corrected chi connectivity index (χ2v) is 6.51. The molecular formula is C19H14ClN7. The van der Waals surface area contributed by atoms with Crippen LogP contribution in [0.3, 0.4) is 0 Å². The Bertz CT molecular complexity index is 1230. The van der Waals surface area contributed by atoms with E-state index in [-0.39, 0.29) is 17.1 Å². The molecule has 5 rings (SSSR count). The van der Waals surface area contributed by atoms with Crippen molar-refractivity contribution in [1.29, 1.82) is 0 Å². The van der Waals surface area contributed by atoms with Crippen molar-refractivity contribution in [2.75, 3.05) is 5.73 Å². The number of halogens is 1. The van der Waals surface area contributed by atoms with Gasteiger partial charge in [0.1, 0.15) is 17.0 Å². The molecule has 0 spiro atoms. The first-order chi connectivity index (χ1) is 13.2. The number of anilines is 1. The first-order valence-corrected chi connectivity index (χ1v) is 8.74. The summed E-state index contributed by atoms with van der Waals surface area (Å²) in [4.78, 5) is 16.5. The predicted octanol–water partition coefficient (Wildman–Crippen LogP) is 3.58. The number of aromatic amines is 1. The molecule has 1 atom stereocenters. The summed E-state index contributed by atoms with van der Waals surface area (Å²) in [5.74, 6) is 0.853. The molecule has 0 aliphatic carbocycles. The van der Waals surface area contributed by atoms with Gasteiger partial charge in [-0.15, -0.1) is 0 Å². The van der Waals surface area contributed by atoms with Crippen LogP contribution in [0.15, 0.2) is 60.8 Å². The van der Waals surface area contributed by atoms with Crippen LogP contribution < -0.4 is 5.73 Å². The van der Waals surface area contributed by atoms with Crippen LogP contribution in [-0.4, -0.2) is 29.7 Å². The van der Waals surface area contributed by atoms with Gasteiger partial charge in [-0.05, 0) is 17.7 Å². The van der Waals surface area contributed by atoms with Crippen molar-refractivity contribution in [2.45, 2.75) is 6.04 Å². The van der Waals surface area contributed by atoms with Crippen LogP contribution in [0.5, 0.6) is 0 Å². The molecule has 5 aromatic rings. The largest absolute Gasteiger partial charge is 0.368 e. The number of imidazole rings is 1. The van der Waals surface area contributed by atoms with E-state index in [1.54, 1.807) is 10.9 Å². The summed E-state index contributed by atoms with van der Waals surface area (Å²) in [6, 6.07) is 17.6. The number of nitrogens with two attached hydrogens (primary N) is 1. The second kappa shape index (κ2) is 6.07. The van der Waals surface area contributed by atoms with E-state index in [0.717, 1.165) is 22.4 Å². The Morgan fingerprint density at radius 1 is 0.963 bits per heavy atom. The summed E-state index contributed by atoms with van der Waals surface area (Å²) in [7, 11) is 0. The highest BCUT2D eigenvalue weighted by molar-refractivity contribution is 6.34. The highest BCUT2D eigenvalue weighted by atomic mass is 35.5. The molecule has 3 heterocycles. The summed E-state index contributed by atoms with van der Waals surface area (Å²) < 4.78 is 1.77. The molecule has 0 amide bonds. The zero-order valence-corrected chi connectivity index (χ0v) is 14.8. The van der Waals surface area contributed by atoms with Crippen molar-refractivity contribution in [3.63, 3.8) is 0 Å². The summed E-state index contributed by atoms with van der Waals surface area (Å²) >= 11 is 6.23. The number of nitrogens with one attached hydrogen (secondary N) is 1. The van der Waals surface area contributed by atoms with E-state index in [0.29, 0.717) is 11.0 Å². The Kier molecular flexibility index (Phi) is 3.54. The third-order valence-corrected chi connectivity index (χ3v) is 4.74. The molecule has 7 nitrogen and oxygen atoms in total. The van der Waals surface area contributed by atoms with Gasteiger partial charge < -0.3 is 10.7 Å². The average molecular weight is 376 g/mol. The first-order valence-electron chi connectivity index (χ1n) is 8.36. The molecule has 2 aromatic carbocycles. The Balaban J connectivity index is 1.79. The fourth-order valence-corrected chi connectivity index (χ4v) is 3.47. The topological polar surface area (TPSA) is 98.3 Å². The summed E-state index contributed by atoms with van der Waals surface area (Å²) in [5, 5.41) is 5.45. The monoisotopic (exact) mass is 375 g/mol. The average Bonchev–Trinajstić information content (AvgIpc) is 3.28. The Morgan fingerprint density at radius 3 is 2.56 bits per heavy atom. The van der Waals surface area contributed by atoms with Crippen LogP contribution in [0.2, 0.25) is 5.15 Å². The second-order valence-electron chi connectivity index (χ2n) is 6.15. The summed E-state index contributed by atoms with van der Waals surface area (Å²) in [6.07, 6.45) is 1.65. The maximum Gasteiger partial charge on any atom is 0.223 e. The fraction of sp³-hybridized carbons (Fsp3) is 0.0526. The highest BCUT2D eigenvalue weighted by Gasteiger charge is 2.24. The van der Waals surface area contributed by atoms with E-state index in [1.807, 2.05) is 54.6 Å². The van der Waals surface area contributed by atoms with E-state index >= 15 is 0 Å². The van der Waals surface area contributed by atoms with Gasteiger partial charge in [0.2, 0.25) is 5.95 Å². The third-order valence-electron chi connectivity index (χ3n) is 4.45. The molecule has 8 heteroatoms. The molecule has 0 saturated heterocycles. The van der Waals surface area contributed by atoms with E-state index < -0.39 is 0 Å². The molecule has 0 fully saturated rings. The van der Waals surface area contributed by atoms with Gasteiger partial charge in [-0.1, -0.05) is 54.1 Å². The Morgan fingerprint density at radius 2 is 1.74 bits per heavy atom. The van der Waals surface area contributed by atoms with Crippen molar-refractivity contribution < 1.29 is 0 Å². The number of aromatic nitrogens is 6. The van der Waals surface area contributed by atoms with Crippen LogP contribution >= 0.6 is 11.6 Å². The normalized spacial score (nSPS) is 12.6. The van der Waals surface area contributed by atoms with E-state index in [9.17, 15) is 0 Å². The molecule has 1 unspecified atom stereocenters. The van der Waals surface area contributed by atoms with Gasteiger partial charge in [-0.3, -0.25) is 0 Å². The minimum atomic E-state index is -0.318. The number of rotatable bonds is 3. The molecule has 0 aliphatic heterocycles. The number of hydrogen-bond acceptors (Lipinski definition) is 5. The number of nitrogen functional groups attached to an aromatic ring is 1. The van der Waals surface area contributed by atoms with Crippen molar-refractivity contribution in [3.8, 4) is 0 Å². The number of hydrogen-bond donors (Lipinski definition) is 2. The van der Waals surface area contributed by atoms with E-state index in [2.05, 4.69) is 20.1 Å². The van der Waals surface area contributed by atoms with Crippen molar-refractivity contribution in [1.82, 2.24) is 29.7 Å². The van der Waals surface area contributed by atoms with Crippen LogP contribution in [0.1, 0.15) is 17.4 Å². The lowest BCUT2D eigenvalue weighted by Gasteiger charge is -2.16. The molecule has 3 N–H and O–H groups in total. The van der Waals surface area contributed by atoms with Gasteiger partial charge in [0, 0.05) is 0 Å². The van der Waals surface area contributed by atoms with Crippen LogP contribution in [0, 0.1) is 0 Å². The molecular weight excluding hydrogens is 362 g/mol. The van der Waals surface area contributed by atoms with Crippen molar-refractivity contribution in [2.24, 2.45) is 0 Å². The van der Waals surface area contributed by atoms with Gasteiger partial charge in [0.25, 0.3) is 0 Å². The van der Waals surface area contributed by atoms with Gasteiger partial charge >= 0.3 is 0 Å². The minimum Gasteiger partial charge on any atom is -0.368 e. The Labute approximate surface area is 158 Å². The van der Waals surface area contributed by atoms with Gasteiger partial charge in [-0.2, -0.15) is 10.1 Å². The number of fused-ring (bicyclic) bond motifs is 2. The molecule has 0 aliphatic rings. The molecule has 0 saturated carbocycles. The zero-order valence-electron chi connectivity index (χ0n) is 14.0. The summed E-state index contributed by atoms with van der Waals surface area (Å²) in [5.41, 5.74) is 9.23. The fourth-order valence-electron chi connectivity index (χ4n) is 3.25. The lowest BCUT2D eigenvalue weighted by Crippen LogP contribution is -2.16. The minimum absolute atomic E-state index is 0.102. The predicted molar refractivity (Wildman–Crippen MR) is 105 cm³/mol. The van der Waals surface area contributed by atoms with Gasteiger partial charge in [0.15, 0.2) is 5.65 Å². The lowest BCUT2D eigenvalue weighted by molar-refractivity contribution is 0.587. The number of nitrogens with zero attached hydrogens (tertiary/aromatic N) is 5. The third kappa shape index (κ3) is 2.60. The van der Waals surface area contributed by atoms with Crippen LogP contribution in [0.25, 0.3) is 22.1 Å². The molecule has 3 aromatic heterocycles. The summed E-state index contributed by atoms with van der Waals surface area (Å²) in [6.45, 7) is 0. The molecule has 0 bridgehead atoms. The lowest BCUT2D eigenvalue weighted by atomic mass is 10.1. The van der Waals surface area contributed by atoms with Crippen LogP contribution in [0.4, 0.5) is 5.95 Å². The maximum absolute atomic E-state index is 6.23. The number of para-hydroxylation sites is 2. The SMILES string of the molecule is Nc1nc(Cl)c2cnn(C(c3ccccc3)c3nc4ccccc4[nH]3)c2n1. The standard InChI is InChI=1S/C19H14ClN7/c20-16-12-10-22-27(18(12)26-19(21)25-16)15(11-6-2-1-3-7-11)17-23-13-8-4-5-9-14(13)24-17/h1-10,15H,(H,23,24)(H2,21,25,26). The van der Waals surface area contributed by atoms with Crippen molar-refractivity contribution >= 4 is 39.6 Å². The first kappa shape index (κ1) is 15.8. The molecule has 0 radical (unpaired) electrons. The van der Waals surface area contributed by atoms with Crippen LogP contribution in [-0.2, 0) is 0 Å². The van der Waals surface area contributed by atoms with Crippen molar-refractivity contribution in [3.05, 3.63) is 77.3 Å². The smallest absolute Gasteiger partial charge is 0.223 e. The van der Waals surface area contributed by atoms with Gasteiger partial charge in [0.05, 0.1) is 22.6 Å². The van der Waals surface area contributed by atoms with E-state index in [4.69, 9.17) is 22.3 Å². The maximum atomic E-state index is 6.23. The Hall–Kier alpha value is -3.45. The zero-order chi connectivity index (χ0) is 18.4. The molecule has 27 heavy (non-hydrogen) atoms.